The maximum absolute atomic E-state index is 12.7. The topological polar surface area (TPSA) is 89.1 Å². The van der Waals surface area contributed by atoms with Crippen molar-refractivity contribution in [3.05, 3.63) is 35.9 Å². The van der Waals surface area contributed by atoms with Crippen LogP contribution in [0.4, 0.5) is 6.01 Å². The van der Waals surface area contributed by atoms with Crippen LogP contribution < -0.4 is 10.2 Å². The van der Waals surface area contributed by atoms with Gasteiger partial charge in [-0.3, -0.25) is 4.79 Å². The van der Waals surface area contributed by atoms with E-state index in [4.69, 9.17) is 4.42 Å². The molecular formula is C21H26N6O2. The molecule has 0 atom stereocenters. The molecule has 2 aliphatic rings. The number of para-hydroxylation sites is 2. The summed E-state index contributed by atoms with van der Waals surface area (Å²) in [7, 11) is 0. The summed E-state index contributed by atoms with van der Waals surface area (Å²) in [6.07, 6.45) is 6.12. The first kappa shape index (κ1) is 18.1. The van der Waals surface area contributed by atoms with Crippen LogP contribution >= 0.6 is 0 Å². The lowest BCUT2D eigenvalue weighted by Crippen LogP contribution is -2.40. The molecule has 4 heterocycles. The van der Waals surface area contributed by atoms with Crippen molar-refractivity contribution in [3.63, 3.8) is 0 Å². The summed E-state index contributed by atoms with van der Waals surface area (Å²) in [6, 6.07) is 8.43. The van der Waals surface area contributed by atoms with E-state index in [0.29, 0.717) is 12.6 Å². The molecule has 0 unspecified atom stereocenters. The Kier molecular flexibility index (Phi) is 4.91. The number of aromatic nitrogens is 4. The molecule has 0 saturated carbocycles. The summed E-state index contributed by atoms with van der Waals surface area (Å²) >= 11 is 0. The van der Waals surface area contributed by atoms with Crippen LogP contribution in [0.3, 0.4) is 0 Å². The molecule has 29 heavy (non-hydrogen) atoms. The molecule has 1 fully saturated rings. The highest BCUT2D eigenvalue weighted by atomic mass is 16.4. The molecule has 5 rings (SSSR count). The van der Waals surface area contributed by atoms with Crippen molar-refractivity contribution in [3.8, 4) is 0 Å². The number of nitrogens with zero attached hydrogens (tertiary/aromatic N) is 5. The molecule has 1 amide bonds. The number of rotatable bonds is 4. The van der Waals surface area contributed by atoms with E-state index in [1.54, 1.807) is 0 Å². The number of aryl methyl sites for hydroxylation is 1. The lowest BCUT2D eigenvalue weighted by atomic mass is 9.96. The van der Waals surface area contributed by atoms with E-state index >= 15 is 0 Å². The fourth-order valence-electron chi connectivity index (χ4n) is 4.31. The summed E-state index contributed by atoms with van der Waals surface area (Å²) in [5.41, 5.74) is 1.67. The molecule has 1 N–H and O–H groups in total. The number of oxazole rings is 1. The molecule has 0 radical (unpaired) electrons. The van der Waals surface area contributed by atoms with Gasteiger partial charge in [-0.25, -0.2) is 0 Å². The van der Waals surface area contributed by atoms with Gasteiger partial charge in [-0.05, 0) is 37.8 Å². The molecule has 3 aromatic rings. The fraction of sp³-hybridized carbons (Fsp3) is 0.524. The van der Waals surface area contributed by atoms with Crippen molar-refractivity contribution in [1.29, 1.82) is 0 Å². The molecule has 2 aromatic heterocycles. The van der Waals surface area contributed by atoms with Gasteiger partial charge >= 0.3 is 0 Å². The van der Waals surface area contributed by atoms with Crippen molar-refractivity contribution in [2.45, 2.75) is 51.6 Å². The number of benzene rings is 1. The quantitative estimate of drug-likeness (QED) is 0.732. The molecule has 8 heteroatoms. The number of fused-ring (bicyclic) bond motifs is 2. The average Bonchev–Trinajstić information content (AvgIpc) is 3.29. The van der Waals surface area contributed by atoms with Crippen molar-refractivity contribution < 1.29 is 9.21 Å². The number of amides is 1. The lowest BCUT2D eigenvalue weighted by molar-refractivity contribution is -0.125. The van der Waals surface area contributed by atoms with Crippen LogP contribution in [0.15, 0.2) is 28.7 Å². The Morgan fingerprint density at radius 3 is 2.83 bits per heavy atom. The minimum absolute atomic E-state index is 0.0159. The van der Waals surface area contributed by atoms with Crippen LogP contribution in [-0.2, 0) is 24.3 Å². The van der Waals surface area contributed by atoms with Crippen molar-refractivity contribution in [2.24, 2.45) is 5.92 Å². The Balaban J connectivity index is 1.16. The maximum Gasteiger partial charge on any atom is 0.298 e. The molecular weight excluding hydrogens is 368 g/mol. The number of piperidine rings is 1. The molecule has 0 spiro atoms. The molecule has 1 aromatic carbocycles. The monoisotopic (exact) mass is 394 g/mol. The highest BCUT2D eigenvalue weighted by Crippen LogP contribution is 2.26. The Morgan fingerprint density at radius 2 is 1.97 bits per heavy atom. The SMILES string of the molecule is O=C(NCc1nnc2n1CCCCC2)C1CCN(c2nc3ccccc3o2)CC1. The summed E-state index contributed by atoms with van der Waals surface area (Å²) in [4.78, 5) is 19.4. The number of nitrogens with one attached hydrogen (secondary N) is 1. The van der Waals surface area contributed by atoms with E-state index < -0.39 is 0 Å². The van der Waals surface area contributed by atoms with Crippen molar-refractivity contribution >= 4 is 23.0 Å². The third-order valence-corrected chi connectivity index (χ3v) is 6.03. The van der Waals surface area contributed by atoms with Crippen LogP contribution in [0.5, 0.6) is 0 Å². The number of carbonyl (C=O) groups is 1. The van der Waals surface area contributed by atoms with E-state index in [1.807, 2.05) is 24.3 Å². The van der Waals surface area contributed by atoms with Gasteiger partial charge < -0.3 is 19.2 Å². The van der Waals surface area contributed by atoms with Gasteiger partial charge in [0.05, 0.1) is 6.54 Å². The number of anilines is 1. The molecule has 8 nitrogen and oxygen atoms in total. The lowest BCUT2D eigenvalue weighted by Gasteiger charge is -2.30. The van der Waals surface area contributed by atoms with Gasteiger partial charge in [0.2, 0.25) is 5.91 Å². The minimum atomic E-state index is 0.0159. The zero-order valence-corrected chi connectivity index (χ0v) is 16.5. The van der Waals surface area contributed by atoms with E-state index in [0.717, 1.165) is 68.1 Å². The van der Waals surface area contributed by atoms with Gasteiger partial charge in [0.15, 0.2) is 11.4 Å². The van der Waals surface area contributed by atoms with Crippen LogP contribution in [0.25, 0.3) is 11.1 Å². The first-order valence-corrected chi connectivity index (χ1v) is 10.6. The molecule has 152 valence electrons. The second-order valence-electron chi connectivity index (χ2n) is 7.94. The van der Waals surface area contributed by atoms with E-state index in [1.165, 1.54) is 12.8 Å². The average molecular weight is 394 g/mol. The molecule has 0 aliphatic carbocycles. The Morgan fingerprint density at radius 1 is 1.10 bits per heavy atom. The van der Waals surface area contributed by atoms with Crippen molar-refractivity contribution in [1.82, 2.24) is 25.1 Å². The van der Waals surface area contributed by atoms with Gasteiger partial charge in [-0.15, -0.1) is 10.2 Å². The molecule has 2 aliphatic heterocycles. The normalized spacial score (nSPS) is 17.9. The zero-order valence-electron chi connectivity index (χ0n) is 16.5. The minimum Gasteiger partial charge on any atom is -0.423 e. The summed E-state index contributed by atoms with van der Waals surface area (Å²) < 4.78 is 8.04. The predicted octanol–water partition coefficient (Wildman–Crippen LogP) is 2.68. The number of hydrogen-bond donors (Lipinski definition) is 1. The standard InChI is InChI=1S/C21H26N6O2/c28-20(22-14-19-25-24-18-8-2-1-5-11-27(18)19)15-9-12-26(13-10-15)21-23-16-6-3-4-7-17(16)29-21/h3-4,6-7,15H,1-2,5,8-14H2,(H,22,28). The molecule has 0 bridgehead atoms. The van der Waals surface area contributed by atoms with Gasteiger partial charge in [-0.1, -0.05) is 18.6 Å². The highest BCUT2D eigenvalue weighted by molar-refractivity contribution is 5.79. The van der Waals surface area contributed by atoms with Crippen LogP contribution in [0, 0.1) is 5.92 Å². The van der Waals surface area contributed by atoms with Gasteiger partial charge in [0.1, 0.15) is 11.3 Å². The second kappa shape index (κ2) is 7.85. The van der Waals surface area contributed by atoms with Crippen LogP contribution in [-0.4, -0.2) is 38.7 Å². The largest absolute Gasteiger partial charge is 0.423 e. The van der Waals surface area contributed by atoms with Crippen molar-refractivity contribution in [2.75, 3.05) is 18.0 Å². The highest BCUT2D eigenvalue weighted by Gasteiger charge is 2.27. The van der Waals surface area contributed by atoms with Gasteiger partial charge in [-0.2, -0.15) is 4.98 Å². The smallest absolute Gasteiger partial charge is 0.298 e. The zero-order chi connectivity index (χ0) is 19.6. The van der Waals surface area contributed by atoms with Crippen LogP contribution in [0.1, 0.15) is 43.8 Å². The first-order chi connectivity index (χ1) is 14.3. The molecule has 1 saturated heterocycles. The fourth-order valence-corrected chi connectivity index (χ4v) is 4.31. The second-order valence-corrected chi connectivity index (χ2v) is 7.94. The number of carbonyl (C=O) groups excluding carboxylic acids is 1. The van der Waals surface area contributed by atoms with E-state index in [2.05, 4.69) is 30.0 Å². The van der Waals surface area contributed by atoms with Crippen LogP contribution in [0.2, 0.25) is 0 Å². The first-order valence-electron chi connectivity index (χ1n) is 10.6. The third kappa shape index (κ3) is 3.71. The van der Waals surface area contributed by atoms with Gasteiger partial charge in [0.25, 0.3) is 6.01 Å². The Hall–Kier alpha value is -2.90. The number of hydrogen-bond acceptors (Lipinski definition) is 6. The van der Waals surface area contributed by atoms with E-state index in [9.17, 15) is 4.79 Å². The Labute approximate surface area is 169 Å². The Bertz CT molecular complexity index is 969. The van der Waals surface area contributed by atoms with Gasteiger partial charge in [0, 0.05) is 32.0 Å². The summed E-state index contributed by atoms with van der Waals surface area (Å²) in [5, 5.41) is 11.7. The maximum atomic E-state index is 12.7. The summed E-state index contributed by atoms with van der Waals surface area (Å²) in [6.45, 7) is 2.95. The third-order valence-electron chi connectivity index (χ3n) is 6.03. The predicted molar refractivity (Wildman–Crippen MR) is 108 cm³/mol. The summed E-state index contributed by atoms with van der Waals surface area (Å²) in [5.74, 6) is 2.05. The van der Waals surface area contributed by atoms with E-state index in [-0.39, 0.29) is 11.8 Å².